The fourth-order valence-corrected chi connectivity index (χ4v) is 5.35. The van der Waals surface area contributed by atoms with E-state index < -0.39 is 10.0 Å². The number of rotatable bonds is 8. The molecule has 3 rings (SSSR count). The van der Waals surface area contributed by atoms with Crippen LogP contribution in [0.5, 0.6) is 0 Å². The van der Waals surface area contributed by atoms with Crippen LogP contribution in [-0.4, -0.2) is 40.6 Å². The van der Waals surface area contributed by atoms with Gasteiger partial charge >= 0.3 is 0 Å². The minimum Gasteiger partial charge on any atom is -0.381 e. The van der Waals surface area contributed by atoms with Gasteiger partial charge in [0, 0.05) is 43.2 Å². The summed E-state index contributed by atoms with van der Waals surface area (Å²) in [6.45, 7) is 5.38. The Morgan fingerprint density at radius 1 is 1.10 bits per heavy atom. The van der Waals surface area contributed by atoms with Crippen LogP contribution in [0.15, 0.2) is 47.4 Å². The molecule has 31 heavy (non-hydrogen) atoms. The number of hydrogen-bond donors (Lipinski definition) is 2. The van der Waals surface area contributed by atoms with Crippen molar-refractivity contribution in [3.63, 3.8) is 0 Å². The van der Waals surface area contributed by atoms with Crippen LogP contribution >= 0.6 is 11.6 Å². The Kier molecular flexibility index (Phi) is 7.75. The first-order valence-corrected chi connectivity index (χ1v) is 12.3. The number of benzene rings is 2. The van der Waals surface area contributed by atoms with Crippen molar-refractivity contribution < 1.29 is 17.9 Å². The number of sulfonamides is 1. The predicted molar refractivity (Wildman–Crippen MR) is 122 cm³/mol. The summed E-state index contributed by atoms with van der Waals surface area (Å²) < 4.78 is 33.2. The van der Waals surface area contributed by atoms with Crippen LogP contribution in [0.3, 0.4) is 0 Å². The zero-order chi connectivity index (χ0) is 22.5. The molecule has 1 fully saturated rings. The molecule has 2 N–H and O–H groups in total. The first kappa shape index (κ1) is 23.7. The van der Waals surface area contributed by atoms with Gasteiger partial charge in [0.15, 0.2) is 0 Å². The van der Waals surface area contributed by atoms with Crippen LogP contribution < -0.4 is 10.0 Å². The normalized spacial score (nSPS) is 16.1. The second-order valence-electron chi connectivity index (χ2n) is 8.09. The number of carbonyl (C=O) groups is 1. The third-order valence-corrected chi connectivity index (χ3v) is 7.66. The van der Waals surface area contributed by atoms with Crippen molar-refractivity contribution in [1.29, 1.82) is 0 Å². The lowest BCUT2D eigenvalue weighted by atomic mass is 9.74. The zero-order valence-corrected chi connectivity index (χ0v) is 19.5. The Balaban J connectivity index is 1.57. The molecular weight excluding hydrogens is 436 g/mol. The van der Waals surface area contributed by atoms with E-state index in [1.807, 2.05) is 37.3 Å². The Bertz CT molecular complexity index is 1020. The number of nitrogens with one attached hydrogen (secondary N) is 2. The number of halogens is 1. The molecule has 0 unspecified atom stereocenters. The van der Waals surface area contributed by atoms with Gasteiger partial charge in [-0.2, -0.15) is 0 Å². The van der Waals surface area contributed by atoms with Gasteiger partial charge in [-0.05, 0) is 61.6 Å². The summed E-state index contributed by atoms with van der Waals surface area (Å²) in [6, 6.07) is 13.0. The van der Waals surface area contributed by atoms with Crippen molar-refractivity contribution in [3.8, 4) is 0 Å². The molecular formula is C23H29ClN2O4S. The van der Waals surface area contributed by atoms with Crippen LogP contribution in [0.2, 0.25) is 5.02 Å². The van der Waals surface area contributed by atoms with Crippen LogP contribution in [0.1, 0.15) is 36.0 Å². The maximum atomic E-state index is 12.6. The second-order valence-corrected chi connectivity index (χ2v) is 10.3. The Labute approximate surface area is 189 Å². The summed E-state index contributed by atoms with van der Waals surface area (Å²) in [5.41, 5.74) is 2.45. The molecule has 1 amide bonds. The Morgan fingerprint density at radius 3 is 2.45 bits per heavy atom. The number of carbonyl (C=O) groups excluding carboxylic acids is 1. The highest BCUT2D eigenvalue weighted by atomic mass is 35.5. The van der Waals surface area contributed by atoms with Gasteiger partial charge in [-0.3, -0.25) is 4.79 Å². The lowest BCUT2D eigenvalue weighted by Gasteiger charge is -2.38. The highest BCUT2D eigenvalue weighted by Gasteiger charge is 2.34. The zero-order valence-electron chi connectivity index (χ0n) is 17.9. The summed E-state index contributed by atoms with van der Waals surface area (Å²) in [4.78, 5) is 12.7. The van der Waals surface area contributed by atoms with Crippen LogP contribution in [0.4, 0.5) is 0 Å². The van der Waals surface area contributed by atoms with Crippen molar-refractivity contribution in [2.45, 2.75) is 43.4 Å². The van der Waals surface area contributed by atoms with Gasteiger partial charge in [0.25, 0.3) is 0 Å². The second kappa shape index (κ2) is 10.1. The van der Waals surface area contributed by atoms with E-state index in [-0.39, 0.29) is 29.2 Å². The van der Waals surface area contributed by atoms with Gasteiger partial charge in [0.2, 0.25) is 15.9 Å². The number of hydrogen-bond acceptors (Lipinski definition) is 4. The Hall–Kier alpha value is -1.93. The minimum atomic E-state index is -3.66. The molecule has 0 spiro atoms. The number of ether oxygens (including phenoxy) is 1. The summed E-state index contributed by atoms with van der Waals surface area (Å²) in [5, 5.41) is 3.66. The van der Waals surface area contributed by atoms with Gasteiger partial charge in [-0.1, -0.05) is 35.9 Å². The number of aryl methyl sites for hydroxylation is 2. The molecule has 2 aromatic rings. The molecule has 8 heteroatoms. The van der Waals surface area contributed by atoms with Crippen LogP contribution in [0, 0.1) is 13.8 Å². The molecule has 168 valence electrons. The minimum absolute atomic E-state index is 0.0403. The average Bonchev–Trinajstić information content (AvgIpc) is 2.75. The van der Waals surface area contributed by atoms with E-state index in [1.54, 1.807) is 19.1 Å². The highest BCUT2D eigenvalue weighted by Crippen LogP contribution is 2.34. The summed E-state index contributed by atoms with van der Waals surface area (Å²) in [7, 11) is -3.66. The van der Waals surface area contributed by atoms with E-state index in [4.69, 9.17) is 16.3 Å². The maximum Gasteiger partial charge on any atom is 0.240 e. The lowest BCUT2D eigenvalue weighted by molar-refractivity contribution is -0.121. The summed E-state index contributed by atoms with van der Waals surface area (Å²) in [5.74, 6) is -0.191. The van der Waals surface area contributed by atoms with E-state index in [0.717, 1.165) is 24.0 Å². The molecule has 1 aliphatic rings. The molecule has 0 aliphatic carbocycles. The SMILES string of the molecule is Cc1ccc(C)c(S(=O)(=O)NCCC(=O)NCC2(c3ccc(Cl)cc3)CCOCC2)c1. The first-order valence-electron chi connectivity index (χ1n) is 10.4. The van der Waals surface area contributed by atoms with E-state index in [9.17, 15) is 13.2 Å². The summed E-state index contributed by atoms with van der Waals surface area (Å²) in [6.07, 6.45) is 1.67. The monoisotopic (exact) mass is 464 g/mol. The lowest BCUT2D eigenvalue weighted by Crippen LogP contribution is -2.45. The van der Waals surface area contributed by atoms with Crippen molar-refractivity contribution in [1.82, 2.24) is 10.0 Å². The van der Waals surface area contributed by atoms with Gasteiger partial charge in [-0.15, -0.1) is 0 Å². The Morgan fingerprint density at radius 2 is 1.77 bits per heavy atom. The van der Waals surface area contributed by atoms with Gasteiger partial charge in [-0.25, -0.2) is 13.1 Å². The smallest absolute Gasteiger partial charge is 0.240 e. The standard InChI is InChI=1S/C23H29ClN2O4S/c1-17-3-4-18(2)21(15-17)31(28,29)26-12-9-22(27)25-16-23(10-13-30-14-11-23)19-5-7-20(24)8-6-19/h3-8,15,26H,9-14,16H2,1-2H3,(H,25,27). The quantitative estimate of drug-likeness (QED) is 0.626. The molecule has 2 aromatic carbocycles. The fourth-order valence-electron chi connectivity index (χ4n) is 3.86. The van der Waals surface area contributed by atoms with Crippen molar-refractivity contribution in [2.24, 2.45) is 0 Å². The third-order valence-electron chi connectivity index (χ3n) is 5.81. The van der Waals surface area contributed by atoms with E-state index in [2.05, 4.69) is 10.0 Å². The average molecular weight is 465 g/mol. The summed E-state index contributed by atoms with van der Waals surface area (Å²) >= 11 is 6.03. The molecule has 0 aromatic heterocycles. The highest BCUT2D eigenvalue weighted by molar-refractivity contribution is 7.89. The van der Waals surface area contributed by atoms with E-state index >= 15 is 0 Å². The van der Waals surface area contributed by atoms with Crippen LogP contribution in [-0.2, 0) is 25.0 Å². The molecule has 0 saturated carbocycles. The van der Waals surface area contributed by atoms with Crippen molar-refractivity contribution in [3.05, 3.63) is 64.2 Å². The first-order chi connectivity index (χ1) is 14.7. The molecule has 0 radical (unpaired) electrons. The van der Waals surface area contributed by atoms with Gasteiger partial charge in [0.1, 0.15) is 0 Å². The maximum absolute atomic E-state index is 12.6. The van der Waals surface area contributed by atoms with Gasteiger partial charge < -0.3 is 10.1 Å². The van der Waals surface area contributed by atoms with Crippen molar-refractivity contribution >= 4 is 27.5 Å². The molecule has 0 bridgehead atoms. The topological polar surface area (TPSA) is 84.5 Å². The third kappa shape index (κ3) is 6.07. The van der Waals surface area contributed by atoms with Gasteiger partial charge in [0.05, 0.1) is 4.90 Å². The molecule has 1 aliphatic heterocycles. The molecule has 1 heterocycles. The molecule has 6 nitrogen and oxygen atoms in total. The van der Waals surface area contributed by atoms with E-state index in [1.165, 1.54) is 0 Å². The molecule has 1 saturated heterocycles. The van der Waals surface area contributed by atoms with Crippen molar-refractivity contribution in [2.75, 3.05) is 26.3 Å². The predicted octanol–water partition coefficient (Wildman–Crippen LogP) is 3.49. The van der Waals surface area contributed by atoms with Crippen LogP contribution in [0.25, 0.3) is 0 Å². The fraction of sp³-hybridized carbons (Fsp3) is 0.435. The largest absolute Gasteiger partial charge is 0.381 e. The molecule has 0 atom stereocenters. The van der Waals surface area contributed by atoms with E-state index in [0.29, 0.717) is 30.3 Å². The number of amides is 1.